The summed E-state index contributed by atoms with van der Waals surface area (Å²) in [7, 11) is 0. The minimum absolute atomic E-state index is 0.149. The van der Waals surface area contributed by atoms with E-state index in [0.717, 1.165) is 15.3 Å². The van der Waals surface area contributed by atoms with Crippen LogP contribution in [0.1, 0.15) is 5.69 Å². The summed E-state index contributed by atoms with van der Waals surface area (Å²) in [4.78, 5) is 21.2. The number of halogens is 2. The first-order valence-corrected chi connectivity index (χ1v) is 9.86. The standard InChI is InChI=1S/C18H12BrClN4OS/c19-12-1-4-15(5-2-12)23-8-7-21-18(23)26-11-14-9-17(25)24-10-13(20)3-6-16(24)22-14/h1-10H,11H2. The molecule has 0 spiro atoms. The highest BCUT2D eigenvalue weighted by Gasteiger charge is 2.09. The average Bonchev–Trinajstić information content (AvgIpc) is 3.10. The van der Waals surface area contributed by atoms with Crippen LogP contribution in [-0.2, 0) is 5.75 Å². The first kappa shape index (κ1) is 17.3. The quantitative estimate of drug-likeness (QED) is 0.429. The predicted molar refractivity (Wildman–Crippen MR) is 107 cm³/mol. The molecule has 0 aliphatic heterocycles. The van der Waals surface area contributed by atoms with Crippen molar-refractivity contribution >= 4 is 44.9 Å². The Balaban J connectivity index is 1.60. The van der Waals surface area contributed by atoms with Gasteiger partial charge < -0.3 is 0 Å². The third-order valence-electron chi connectivity index (χ3n) is 3.74. The fourth-order valence-electron chi connectivity index (χ4n) is 2.53. The molecule has 8 heteroatoms. The summed E-state index contributed by atoms with van der Waals surface area (Å²) in [5.74, 6) is 0.544. The molecule has 0 radical (unpaired) electrons. The number of hydrogen-bond acceptors (Lipinski definition) is 4. The third kappa shape index (κ3) is 3.56. The van der Waals surface area contributed by atoms with E-state index in [-0.39, 0.29) is 5.56 Å². The van der Waals surface area contributed by atoms with E-state index in [4.69, 9.17) is 11.6 Å². The highest BCUT2D eigenvalue weighted by atomic mass is 79.9. The summed E-state index contributed by atoms with van der Waals surface area (Å²) in [6, 6.07) is 13.0. The van der Waals surface area contributed by atoms with Crippen LogP contribution >= 0.6 is 39.3 Å². The molecule has 0 fully saturated rings. The van der Waals surface area contributed by atoms with Crippen LogP contribution in [0.3, 0.4) is 0 Å². The van der Waals surface area contributed by atoms with E-state index in [1.165, 1.54) is 22.2 Å². The van der Waals surface area contributed by atoms with Gasteiger partial charge >= 0.3 is 0 Å². The minimum Gasteiger partial charge on any atom is -0.295 e. The van der Waals surface area contributed by atoms with E-state index in [0.29, 0.717) is 22.1 Å². The van der Waals surface area contributed by atoms with E-state index in [2.05, 4.69) is 25.9 Å². The lowest BCUT2D eigenvalue weighted by Gasteiger charge is -2.08. The number of aromatic nitrogens is 4. The second-order valence-electron chi connectivity index (χ2n) is 5.51. The van der Waals surface area contributed by atoms with E-state index >= 15 is 0 Å². The Morgan fingerprint density at radius 3 is 2.77 bits per heavy atom. The van der Waals surface area contributed by atoms with Crippen LogP contribution in [0.25, 0.3) is 11.3 Å². The van der Waals surface area contributed by atoms with Gasteiger partial charge in [0.2, 0.25) is 0 Å². The molecule has 3 heterocycles. The molecule has 3 aromatic heterocycles. The van der Waals surface area contributed by atoms with Crippen LogP contribution in [0.15, 0.2) is 75.5 Å². The van der Waals surface area contributed by atoms with Gasteiger partial charge in [-0.1, -0.05) is 39.3 Å². The maximum atomic E-state index is 12.3. The van der Waals surface area contributed by atoms with Gasteiger partial charge in [-0.2, -0.15) is 0 Å². The molecule has 26 heavy (non-hydrogen) atoms. The zero-order valence-corrected chi connectivity index (χ0v) is 16.5. The van der Waals surface area contributed by atoms with Crippen LogP contribution in [-0.4, -0.2) is 18.9 Å². The maximum absolute atomic E-state index is 12.3. The Morgan fingerprint density at radius 1 is 1.15 bits per heavy atom. The van der Waals surface area contributed by atoms with Gasteiger partial charge in [0.25, 0.3) is 5.56 Å². The molecule has 4 aromatic rings. The summed E-state index contributed by atoms with van der Waals surface area (Å²) in [5.41, 5.74) is 2.15. The zero-order valence-electron chi connectivity index (χ0n) is 13.3. The number of nitrogens with zero attached hydrogens (tertiary/aromatic N) is 4. The molecule has 130 valence electrons. The number of fused-ring (bicyclic) bond motifs is 1. The van der Waals surface area contributed by atoms with Gasteiger partial charge in [-0.05, 0) is 36.4 Å². The fraction of sp³-hybridized carbons (Fsp3) is 0.0556. The first-order chi connectivity index (χ1) is 12.6. The smallest absolute Gasteiger partial charge is 0.258 e. The van der Waals surface area contributed by atoms with Crippen molar-refractivity contribution in [1.82, 2.24) is 18.9 Å². The number of thioether (sulfide) groups is 1. The number of benzene rings is 1. The normalized spacial score (nSPS) is 11.2. The maximum Gasteiger partial charge on any atom is 0.258 e. The highest BCUT2D eigenvalue weighted by molar-refractivity contribution is 9.10. The van der Waals surface area contributed by atoms with Crippen LogP contribution in [0.2, 0.25) is 5.02 Å². The fourth-order valence-corrected chi connectivity index (χ4v) is 3.82. The van der Waals surface area contributed by atoms with Gasteiger partial charge in [0.1, 0.15) is 5.65 Å². The van der Waals surface area contributed by atoms with E-state index in [9.17, 15) is 4.79 Å². The van der Waals surface area contributed by atoms with E-state index in [1.807, 2.05) is 35.0 Å². The minimum atomic E-state index is -0.149. The molecular weight excluding hydrogens is 436 g/mol. The van der Waals surface area contributed by atoms with Crippen LogP contribution < -0.4 is 5.56 Å². The van der Waals surface area contributed by atoms with Crippen LogP contribution in [0.5, 0.6) is 0 Å². The molecule has 5 nitrogen and oxygen atoms in total. The van der Waals surface area contributed by atoms with Gasteiger partial charge in [0.05, 0.1) is 10.7 Å². The Bertz CT molecular complexity index is 1140. The topological polar surface area (TPSA) is 52.2 Å². The van der Waals surface area contributed by atoms with Crippen molar-refractivity contribution < 1.29 is 0 Å². The number of hydrogen-bond donors (Lipinski definition) is 0. The van der Waals surface area contributed by atoms with Crippen molar-refractivity contribution in [3.8, 4) is 5.69 Å². The lowest BCUT2D eigenvalue weighted by atomic mass is 10.3. The SMILES string of the molecule is O=c1cc(CSc2nccn2-c2ccc(Br)cc2)nc2ccc(Cl)cn12. The van der Waals surface area contributed by atoms with Crippen molar-refractivity contribution in [2.45, 2.75) is 10.9 Å². The zero-order chi connectivity index (χ0) is 18.1. The average molecular weight is 448 g/mol. The van der Waals surface area contributed by atoms with Crippen molar-refractivity contribution in [2.24, 2.45) is 0 Å². The molecule has 0 unspecified atom stereocenters. The monoisotopic (exact) mass is 446 g/mol. The second kappa shape index (κ2) is 7.26. The van der Waals surface area contributed by atoms with Crippen LogP contribution in [0, 0.1) is 0 Å². The van der Waals surface area contributed by atoms with Crippen molar-refractivity contribution in [3.05, 3.63) is 86.6 Å². The van der Waals surface area contributed by atoms with Crippen molar-refractivity contribution in [3.63, 3.8) is 0 Å². The molecule has 0 N–H and O–H groups in total. The second-order valence-corrected chi connectivity index (χ2v) is 7.80. The van der Waals surface area contributed by atoms with Crippen molar-refractivity contribution in [2.75, 3.05) is 0 Å². The molecule has 0 aliphatic rings. The lowest BCUT2D eigenvalue weighted by Crippen LogP contribution is -2.15. The van der Waals surface area contributed by atoms with Gasteiger partial charge in [-0.15, -0.1) is 0 Å². The predicted octanol–water partition coefficient (Wildman–Crippen LogP) is 4.59. The Kier molecular flexibility index (Phi) is 4.84. The van der Waals surface area contributed by atoms with Gasteiger partial charge in [0, 0.05) is 40.6 Å². The Labute approximate surface area is 166 Å². The summed E-state index contributed by atoms with van der Waals surface area (Å²) in [6.45, 7) is 0. The summed E-state index contributed by atoms with van der Waals surface area (Å²) in [5, 5.41) is 1.34. The Morgan fingerprint density at radius 2 is 1.96 bits per heavy atom. The van der Waals surface area contributed by atoms with Crippen molar-refractivity contribution in [1.29, 1.82) is 0 Å². The molecule has 4 rings (SSSR count). The number of rotatable bonds is 4. The molecule has 0 saturated heterocycles. The Hall–Kier alpha value is -2.09. The lowest BCUT2D eigenvalue weighted by molar-refractivity contribution is 0.893. The molecule has 0 bridgehead atoms. The largest absolute Gasteiger partial charge is 0.295 e. The highest BCUT2D eigenvalue weighted by Crippen LogP contribution is 2.24. The summed E-state index contributed by atoms with van der Waals surface area (Å²) < 4.78 is 4.47. The summed E-state index contributed by atoms with van der Waals surface area (Å²) >= 11 is 10.9. The van der Waals surface area contributed by atoms with E-state index < -0.39 is 0 Å². The molecule has 0 amide bonds. The van der Waals surface area contributed by atoms with Crippen LogP contribution in [0.4, 0.5) is 0 Å². The van der Waals surface area contributed by atoms with E-state index in [1.54, 1.807) is 24.5 Å². The first-order valence-electron chi connectivity index (χ1n) is 7.70. The number of pyridine rings is 1. The number of imidazole rings is 1. The van der Waals surface area contributed by atoms with Gasteiger partial charge in [0.15, 0.2) is 5.16 Å². The molecule has 0 saturated carbocycles. The molecule has 0 atom stereocenters. The molecular formula is C18H12BrClN4OS. The molecule has 1 aromatic carbocycles. The molecule has 0 aliphatic carbocycles. The van der Waals surface area contributed by atoms with Gasteiger partial charge in [-0.3, -0.25) is 13.8 Å². The third-order valence-corrected chi connectivity index (χ3v) is 5.49. The summed E-state index contributed by atoms with van der Waals surface area (Å²) in [6.07, 6.45) is 5.24. The van der Waals surface area contributed by atoms with Gasteiger partial charge in [-0.25, -0.2) is 9.97 Å².